The first kappa shape index (κ1) is 27.0. The third-order valence-corrected chi connectivity index (χ3v) is 7.76. The fourth-order valence-corrected chi connectivity index (χ4v) is 5.92. The molecular weight excluding hydrogens is 464 g/mol. The lowest BCUT2D eigenvalue weighted by atomic mass is 9.83. The highest BCUT2D eigenvalue weighted by Gasteiger charge is 2.46. The highest BCUT2D eigenvalue weighted by molar-refractivity contribution is 7.89. The number of amides is 1. The maximum atomic E-state index is 13.1. The minimum atomic E-state index is -2.88. The maximum Gasteiger partial charge on any atom is 0.240 e. The van der Waals surface area contributed by atoms with E-state index in [1.54, 1.807) is 26.4 Å². The first-order valence-electron chi connectivity index (χ1n) is 12.1. The zero-order valence-electron chi connectivity index (χ0n) is 21.7. The number of hydrogen-bond acceptors (Lipinski definition) is 6. The Balaban J connectivity index is 0.000000261. The van der Waals surface area contributed by atoms with Crippen LogP contribution >= 0.6 is 0 Å². The summed E-state index contributed by atoms with van der Waals surface area (Å²) in [5.74, 6) is 2.02. The van der Waals surface area contributed by atoms with Crippen LogP contribution in [0.4, 0.5) is 0 Å². The summed E-state index contributed by atoms with van der Waals surface area (Å²) in [4.78, 5) is 17.4. The van der Waals surface area contributed by atoms with Crippen LogP contribution in [0.3, 0.4) is 0 Å². The number of hydrogen-bond donors (Lipinski definition) is 0. The maximum absolute atomic E-state index is 13.1. The summed E-state index contributed by atoms with van der Waals surface area (Å²) in [5, 5.41) is 0. The number of carbonyl (C=O) groups is 1. The molecule has 2 aromatic rings. The van der Waals surface area contributed by atoms with Crippen molar-refractivity contribution < 1.29 is 22.7 Å². The summed E-state index contributed by atoms with van der Waals surface area (Å²) in [6.45, 7) is 5.12. The summed E-state index contributed by atoms with van der Waals surface area (Å²) < 4.78 is 32.7. The first-order chi connectivity index (χ1) is 16.6. The number of rotatable bonds is 6. The first-order valence-corrected chi connectivity index (χ1v) is 14.2. The molecule has 1 saturated heterocycles. The highest BCUT2D eigenvalue weighted by atomic mass is 32.2. The van der Waals surface area contributed by atoms with Crippen LogP contribution in [-0.4, -0.2) is 70.3 Å². The molecule has 2 aliphatic heterocycles. The molecule has 0 aromatic heterocycles. The minimum Gasteiger partial charge on any atom is -0.497 e. The summed E-state index contributed by atoms with van der Waals surface area (Å²) >= 11 is 0. The van der Waals surface area contributed by atoms with E-state index in [9.17, 15) is 13.2 Å². The molecule has 35 heavy (non-hydrogen) atoms. The number of benzene rings is 2. The van der Waals surface area contributed by atoms with E-state index >= 15 is 0 Å². The molecule has 2 aliphatic rings. The molecule has 8 heteroatoms. The number of fused-ring (bicyclic) bond motifs is 3. The number of methoxy groups -OCH3 is 2. The van der Waals surface area contributed by atoms with Crippen molar-refractivity contribution in [3.05, 3.63) is 59.2 Å². The monoisotopic (exact) mass is 502 g/mol. The molecule has 0 radical (unpaired) electrons. The molecular formula is C27H38N2O5S. The average molecular weight is 503 g/mol. The highest BCUT2D eigenvalue weighted by Crippen LogP contribution is 2.44. The molecule has 0 spiro atoms. The quantitative estimate of drug-likeness (QED) is 0.597. The van der Waals surface area contributed by atoms with Gasteiger partial charge in [-0.1, -0.05) is 43.7 Å². The average Bonchev–Trinajstić information content (AvgIpc) is 2.83. The lowest BCUT2D eigenvalue weighted by molar-refractivity contribution is -0.150. The van der Waals surface area contributed by atoms with Gasteiger partial charge in [0.15, 0.2) is 9.84 Å². The van der Waals surface area contributed by atoms with Crippen LogP contribution in [0.25, 0.3) is 0 Å². The smallest absolute Gasteiger partial charge is 0.240 e. The van der Waals surface area contributed by atoms with Gasteiger partial charge in [-0.25, -0.2) is 8.42 Å². The molecule has 3 atom stereocenters. The molecule has 1 amide bonds. The van der Waals surface area contributed by atoms with Gasteiger partial charge in [-0.2, -0.15) is 0 Å². The molecule has 0 saturated carbocycles. The van der Waals surface area contributed by atoms with Crippen molar-refractivity contribution in [3.8, 4) is 11.5 Å². The van der Waals surface area contributed by atoms with Crippen LogP contribution in [0.15, 0.2) is 42.5 Å². The van der Waals surface area contributed by atoms with Crippen molar-refractivity contribution in [2.75, 3.05) is 34.1 Å². The van der Waals surface area contributed by atoms with E-state index in [-0.39, 0.29) is 29.8 Å². The van der Waals surface area contributed by atoms with Crippen LogP contribution < -0.4 is 9.47 Å². The van der Waals surface area contributed by atoms with Gasteiger partial charge in [-0.15, -0.1) is 0 Å². The van der Waals surface area contributed by atoms with Gasteiger partial charge in [0.25, 0.3) is 0 Å². The fraction of sp³-hybridized carbons (Fsp3) is 0.519. The van der Waals surface area contributed by atoms with Crippen LogP contribution in [-0.2, 0) is 26.8 Å². The number of carbonyl (C=O) groups excluding carboxylic acids is 1. The molecule has 2 aromatic carbocycles. The van der Waals surface area contributed by atoms with Gasteiger partial charge in [0.1, 0.15) is 11.5 Å². The Bertz CT molecular complexity index is 1100. The van der Waals surface area contributed by atoms with Crippen LogP contribution in [0.5, 0.6) is 11.5 Å². The van der Waals surface area contributed by atoms with Crippen molar-refractivity contribution >= 4 is 15.7 Å². The van der Waals surface area contributed by atoms with Crippen LogP contribution in [0.2, 0.25) is 0 Å². The van der Waals surface area contributed by atoms with E-state index in [2.05, 4.69) is 36.8 Å². The molecule has 2 heterocycles. The molecule has 3 unspecified atom stereocenters. The van der Waals surface area contributed by atoms with Gasteiger partial charge in [0.05, 0.1) is 32.1 Å². The van der Waals surface area contributed by atoms with Gasteiger partial charge in [-0.05, 0) is 44.0 Å². The Morgan fingerprint density at radius 1 is 1.09 bits per heavy atom. The number of sulfone groups is 1. The Labute approximate surface area is 209 Å². The fourth-order valence-electron chi connectivity index (χ4n) is 5.12. The SMILES string of the molecule is CCCC1C(=O)N2CCc3cc(OC)cc(OC)c3C2C(C)N1C.CS(=O)(=O)Cc1ccccc1. The third-order valence-electron chi connectivity index (χ3n) is 6.90. The lowest BCUT2D eigenvalue weighted by Crippen LogP contribution is -2.62. The Morgan fingerprint density at radius 2 is 1.77 bits per heavy atom. The van der Waals surface area contributed by atoms with Crippen LogP contribution in [0, 0.1) is 0 Å². The van der Waals surface area contributed by atoms with Gasteiger partial charge in [-0.3, -0.25) is 9.69 Å². The predicted molar refractivity (Wildman–Crippen MR) is 139 cm³/mol. The summed E-state index contributed by atoms with van der Waals surface area (Å²) in [6, 6.07) is 13.4. The van der Waals surface area contributed by atoms with E-state index in [0.717, 1.165) is 48.4 Å². The predicted octanol–water partition coefficient (Wildman–Crippen LogP) is 3.86. The zero-order valence-corrected chi connectivity index (χ0v) is 22.5. The molecule has 0 N–H and O–H groups in total. The summed E-state index contributed by atoms with van der Waals surface area (Å²) in [5.41, 5.74) is 3.22. The molecule has 7 nitrogen and oxygen atoms in total. The van der Waals surface area contributed by atoms with E-state index in [1.807, 2.05) is 24.3 Å². The number of likely N-dealkylation sites (N-methyl/N-ethyl adjacent to an activating group) is 1. The normalized spacial score (nSPS) is 21.9. The molecule has 192 valence electrons. The second kappa shape index (κ2) is 11.4. The molecule has 4 rings (SSSR count). The number of piperazine rings is 1. The van der Waals surface area contributed by atoms with Crippen LogP contribution in [0.1, 0.15) is 49.4 Å². The lowest BCUT2D eigenvalue weighted by Gasteiger charge is -2.51. The molecule has 0 bridgehead atoms. The van der Waals surface area contributed by atoms with Gasteiger partial charge in [0, 0.05) is 30.5 Å². The van der Waals surface area contributed by atoms with Gasteiger partial charge in [0.2, 0.25) is 5.91 Å². The number of ether oxygens (including phenoxy) is 2. The zero-order chi connectivity index (χ0) is 25.8. The van der Waals surface area contributed by atoms with E-state index in [1.165, 1.54) is 11.8 Å². The molecule has 0 aliphatic carbocycles. The van der Waals surface area contributed by atoms with E-state index in [4.69, 9.17) is 9.47 Å². The van der Waals surface area contributed by atoms with Crippen molar-refractivity contribution in [3.63, 3.8) is 0 Å². The minimum absolute atomic E-state index is 0.00737. The Kier molecular flexibility index (Phi) is 8.83. The summed E-state index contributed by atoms with van der Waals surface area (Å²) in [7, 11) is 2.56. The third kappa shape index (κ3) is 6.16. The standard InChI is InChI=1S/C19H28N2O3.C8H10O2S/c1-6-7-15-19(22)21-9-8-13-10-14(23-4)11-16(24-5)17(13)18(21)12(2)20(15)3;1-11(9,10)7-8-5-3-2-4-6-8/h10-12,15,18H,6-9H2,1-5H3;2-6H,7H2,1H3. The van der Waals surface area contributed by atoms with Crippen molar-refractivity contribution in [1.29, 1.82) is 0 Å². The second-order valence-electron chi connectivity index (χ2n) is 9.40. The van der Waals surface area contributed by atoms with Crippen molar-refractivity contribution in [1.82, 2.24) is 9.80 Å². The van der Waals surface area contributed by atoms with Gasteiger partial charge >= 0.3 is 0 Å². The van der Waals surface area contributed by atoms with E-state index in [0.29, 0.717) is 0 Å². The summed E-state index contributed by atoms with van der Waals surface area (Å²) in [6.07, 6.45) is 4.01. The Morgan fingerprint density at radius 3 is 2.34 bits per heavy atom. The second-order valence-corrected chi connectivity index (χ2v) is 11.5. The topological polar surface area (TPSA) is 76.2 Å². The Hall–Kier alpha value is -2.58. The van der Waals surface area contributed by atoms with Crippen molar-refractivity contribution in [2.45, 2.75) is 57.0 Å². The van der Waals surface area contributed by atoms with Gasteiger partial charge < -0.3 is 14.4 Å². The largest absolute Gasteiger partial charge is 0.497 e. The van der Waals surface area contributed by atoms with Crippen molar-refractivity contribution in [2.24, 2.45) is 0 Å². The molecule has 1 fully saturated rings. The van der Waals surface area contributed by atoms with E-state index < -0.39 is 9.84 Å². The number of nitrogens with zero attached hydrogens (tertiary/aromatic N) is 2.